The van der Waals surface area contributed by atoms with Crippen molar-refractivity contribution in [1.29, 1.82) is 0 Å². The smallest absolute Gasteiger partial charge is 0.264 e. The number of likely N-dealkylation sites (N-methyl/N-ethyl adjacent to an activating group) is 1. The molecule has 1 N–H and O–H groups in total. The number of carbonyl (C=O) groups excluding carboxylic acids is 2. The van der Waals surface area contributed by atoms with E-state index in [1.54, 1.807) is 49.4 Å². The van der Waals surface area contributed by atoms with Crippen molar-refractivity contribution in [1.82, 2.24) is 10.2 Å². The predicted octanol–water partition coefficient (Wildman–Crippen LogP) is 3.75. The number of nitrogens with zero attached hydrogens (tertiary/aromatic N) is 2. The summed E-state index contributed by atoms with van der Waals surface area (Å²) in [6.45, 7) is 5.56. The number of ether oxygens (including phenoxy) is 1. The van der Waals surface area contributed by atoms with Gasteiger partial charge in [0.2, 0.25) is 11.8 Å². The maximum atomic E-state index is 13.8. The van der Waals surface area contributed by atoms with Crippen molar-refractivity contribution >= 4 is 27.5 Å². The van der Waals surface area contributed by atoms with Crippen molar-refractivity contribution in [3.63, 3.8) is 0 Å². The van der Waals surface area contributed by atoms with E-state index in [1.165, 1.54) is 24.1 Å². The van der Waals surface area contributed by atoms with E-state index in [0.29, 0.717) is 18.0 Å². The number of nitrogens with one attached hydrogen (secondary N) is 1. The summed E-state index contributed by atoms with van der Waals surface area (Å²) in [6, 6.07) is 21.3. The summed E-state index contributed by atoms with van der Waals surface area (Å²) in [6.07, 6.45) is 0. The van der Waals surface area contributed by atoms with E-state index < -0.39 is 28.5 Å². The van der Waals surface area contributed by atoms with Gasteiger partial charge in [0, 0.05) is 13.6 Å². The highest BCUT2D eigenvalue weighted by molar-refractivity contribution is 7.92. The maximum absolute atomic E-state index is 13.8. The number of hydrogen-bond donors (Lipinski definition) is 1. The molecular formula is C28H33N3O5S. The highest BCUT2D eigenvalue weighted by Crippen LogP contribution is 2.26. The number of hydrogen-bond acceptors (Lipinski definition) is 5. The van der Waals surface area contributed by atoms with Gasteiger partial charge in [-0.05, 0) is 62.7 Å². The first-order valence-electron chi connectivity index (χ1n) is 12.0. The molecule has 0 aromatic heterocycles. The second-order valence-electron chi connectivity index (χ2n) is 8.55. The van der Waals surface area contributed by atoms with Gasteiger partial charge in [-0.2, -0.15) is 0 Å². The van der Waals surface area contributed by atoms with Crippen molar-refractivity contribution in [2.75, 3.05) is 24.5 Å². The molecule has 0 heterocycles. The van der Waals surface area contributed by atoms with Crippen LogP contribution < -0.4 is 14.4 Å². The number of para-hydroxylation sites is 1. The van der Waals surface area contributed by atoms with Crippen molar-refractivity contribution < 1.29 is 22.7 Å². The Morgan fingerprint density at radius 3 is 2.14 bits per heavy atom. The van der Waals surface area contributed by atoms with Gasteiger partial charge < -0.3 is 15.0 Å². The molecule has 0 spiro atoms. The summed E-state index contributed by atoms with van der Waals surface area (Å²) in [7, 11) is -2.61. The fraction of sp³-hybridized carbons (Fsp3) is 0.286. The second-order valence-corrected chi connectivity index (χ2v) is 10.4. The largest absolute Gasteiger partial charge is 0.494 e. The lowest BCUT2D eigenvalue weighted by Gasteiger charge is -2.31. The molecule has 3 rings (SSSR count). The quantitative estimate of drug-likeness (QED) is 0.413. The molecule has 0 saturated carbocycles. The minimum absolute atomic E-state index is 0.0250. The van der Waals surface area contributed by atoms with Crippen molar-refractivity contribution in [2.24, 2.45) is 0 Å². The third kappa shape index (κ3) is 6.89. The maximum Gasteiger partial charge on any atom is 0.264 e. The van der Waals surface area contributed by atoms with Gasteiger partial charge >= 0.3 is 0 Å². The zero-order valence-corrected chi connectivity index (χ0v) is 22.4. The third-order valence-electron chi connectivity index (χ3n) is 5.93. The van der Waals surface area contributed by atoms with E-state index in [4.69, 9.17) is 4.74 Å². The molecule has 0 bridgehead atoms. The predicted molar refractivity (Wildman–Crippen MR) is 144 cm³/mol. The Morgan fingerprint density at radius 2 is 1.57 bits per heavy atom. The van der Waals surface area contributed by atoms with Crippen LogP contribution in [0.1, 0.15) is 25.0 Å². The third-order valence-corrected chi connectivity index (χ3v) is 7.72. The fourth-order valence-corrected chi connectivity index (χ4v) is 5.22. The summed E-state index contributed by atoms with van der Waals surface area (Å²) in [5.41, 5.74) is 2.24. The Balaban J connectivity index is 1.98. The number of amides is 2. The standard InChI is InChI=1S/C28H33N3O5S/c1-5-36-25-15-17-26(18-16-25)37(34,35)31(24-9-7-6-8-10-24)20-27(32)30(22(3)28(33)29-4)19-23-13-11-21(2)12-14-23/h6-18,22H,5,19-20H2,1-4H3,(H,29,33). The normalized spacial score (nSPS) is 11.9. The van der Waals surface area contributed by atoms with Crippen LogP contribution in [-0.4, -0.2) is 51.4 Å². The highest BCUT2D eigenvalue weighted by Gasteiger charge is 2.32. The van der Waals surface area contributed by atoms with E-state index >= 15 is 0 Å². The first kappa shape index (κ1) is 27.7. The molecule has 0 aliphatic rings. The average molecular weight is 524 g/mol. The zero-order valence-electron chi connectivity index (χ0n) is 21.5. The monoisotopic (exact) mass is 523 g/mol. The van der Waals surface area contributed by atoms with E-state index in [9.17, 15) is 18.0 Å². The summed E-state index contributed by atoms with van der Waals surface area (Å²) >= 11 is 0. The first-order chi connectivity index (χ1) is 17.7. The molecule has 0 aliphatic heterocycles. The first-order valence-corrected chi connectivity index (χ1v) is 13.5. The van der Waals surface area contributed by atoms with Crippen LogP contribution in [0.4, 0.5) is 5.69 Å². The molecule has 196 valence electrons. The molecule has 9 heteroatoms. The van der Waals surface area contributed by atoms with Gasteiger partial charge in [-0.25, -0.2) is 8.42 Å². The lowest BCUT2D eigenvalue weighted by Crippen LogP contribution is -2.50. The van der Waals surface area contributed by atoms with Crippen LogP contribution in [-0.2, 0) is 26.2 Å². The molecule has 3 aromatic rings. The van der Waals surface area contributed by atoms with E-state index in [-0.39, 0.29) is 17.3 Å². The Bertz CT molecular complexity index is 1290. The van der Waals surface area contributed by atoms with E-state index in [1.807, 2.05) is 38.1 Å². The fourth-order valence-electron chi connectivity index (χ4n) is 3.81. The molecule has 8 nitrogen and oxygen atoms in total. The van der Waals surface area contributed by atoms with Gasteiger partial charge in [0.05, 0.1) is 17.2 Å². The zero-order chi connectivity index (χ0) is 27.0. The number of carbonyl (C=O) groups is 2. The van der Waals surface area contributed by atoms with E-state index in [2.05, 4.69) is 5.32 Å². The summed E-state index contributed by atoms with van der Waals surface area (Å²) in [5, 5.41) is 2.58. The van der Waals surface area contributed by atoms with Gasteiger partial charge in [-0.3, -0.25) is 13.9 Å². The molecule has 1 atom stereocenters. The minimum Gasteiger partial charge on any atom is -0.494 e. The van der Waals surface area contributed by atoms with E-state index in [0.717, 1.165) is 15.4 Å². The minimum atomic E-state index is -4.11. The van der Waals surface area contributed by atoms with Crippen LogP contribution in [0.25, 0.3) is 0 Å². The van der Waals surface area contributed by atoms with Gasteiger partial charge in [0.15, 0.2) is 0 Å². The lowest BCUT2D eigenvalue weighted by atomic mass is 10.1. The number of aryl methyl sites for hydroxylation is 1. The second kappa shape index (κ2) is 12.4. The molecule has 1 unspecified atom stereocenters. The summed E-state index contributed by atoms with van der Waals surface area (Å²) < 4.78 is 34.0. The average Bonchev–Trinajstić information content (AvgIpc) is 2.91. The molecule has 0 radical (unpaired) electrons. The Hall–Kier alpha value is -3.85. The molecule has 0 fully saturated rings. The Labute approximate surface area is 218 Å². The lowest BCUT2D eigenvalue weighted by molar-refractivity contribution is -0.139. The SMILES string of the molecule is CCOc1ccc(S(=O)(=O)N(CC(=O)N(Cc2ccc(C)cc2)C(C)C(=O)NC)c2ccccc2)cc1. The molecular weight excluding hydrogens is 490 g/mol. The van der Waals surface area contributed by atoms with Crippen LogP contribution in [0.3, 0.4) is 0 Å². The number of sulfonamides is 1. The Morgan fingerprint density at radius 1 is 0.946 bits per heavy atom. The molecule has 0 saturated heterocycles. The topological polar surface area (TPSA) is 96.0 Å². The Kier molecular flexibility index (Phi) is 9.30. The van der Waals surface area contributed by atoms with Gasteiger partial charge in [-0.15, -0.1) is 0 Å². The van der Waals surface area contributed by atoms with Crippen LogP contribution >= 0.6 is 0 Å². The van der Waals surface area contributed by atoms with Crippen LogP contribution in [0.15, 0.2) is 83.8 Å². The molecule has 3 aromatic carbocycles. The summed E-state index contributed by atoms with van der Waals surface area (Å²) in [4.78, 5) is 27.6. The number of rotatable bonds is 11. The summed E-state index contributed by atoms with van der Waals surface area (Å²) in [5.74, 6) is -0.302. The molecule has 37 heavy (non-hydrogen) atoms. The number of anilines is 1. The van der Waals surface area contributed by atoms with Crippen LogP contribution in [0, 0.1) is 6.92 Å². The van der Waals surface area contributed by atoms with Crippen LogP contribution in [0.5, 0.6) is 5.75 Å². The van der Waals surface area contributed by atoms with Gasteiger partial charge in [0.1, 0.15) is 18.3 Å². The highest BCUT2D eigenvalue weighted by atomic mass is 32.2. The molecule has 0 aliphatic carbocycles. The van der Waals surface area contributed by atoms with Crippen molar-refractivity contribution in [3.8, 4) is 5.75 Å². The van der Waals surface area contributed by atoms with Gasteiger partial charge in [0.25, 0.3) is 10.0 Å². The molecule has 2 amide bonds. The van der Waals surface area contributed by atoms with Crippen molar-refractivity contribution in [2.45, 2.75) is 38.3 Å². The van der Waals surface area contributed by atoms with Crippen LogP contribution in [0.2, 0.25) is 0 Å². The number of benzene rings is 3. The van der Waals surface area contributed by atoms with Crippen molar-refractivity contribution in [3.05, 3.63) is 90.0 Å². The van der Waals surface area contributed by atoms with Gasteiger partial charge in [-0.1, -0.05) is 48.0 Å².